The summed E-state index contributed by atoms with van der Waals surface area (Å²) in [4.78, 5) is 22.2. The van der Waals surface area contributed by atoms with Crippen molar-refractivity contribution in [2.24, 2.45) is 5.92 Å². The van der Waals surface area contributed by atoms with Crippen LogP contribution < -0.4 is 0 Å². The summed E-state index contributed by atoms with van der Waals surface area (Å²) in [6.45, 7) is 0. The normalized spacial score (nSPS) is 8.86. The molecule has 0 saturated carbocycles. The minimum atomic E-state index is -0.930. The Labute approximate surface area is 96.5 Å². The minimum Gasteiger partial charge on any atom is -0.468 e. The third kappa shape index (κ3) is 4.46. The number of methoxy groups -OCH3 is 2. The second-order valence-electron chi connectivity index (χ2n) is 2.29. The van der Waals surface area contributed by atoms with Gasteiger partial charge in [0.15, 0.2) is 5.92 Å². The van der Waals surface area contributed by atoms with Gasteiger partial charge >= 0.3 is 11.9 Å². The van der Waals surface area contributed by atoms with Gasteiger partial charge in [-0.2, -0.15) is 0 Å². The molecule has 0 fully saturated rings. The van der Waals surface area contributed by atoms with Crippen molar-refractivity contribution in [3.05, 3.63) is 0 Å². The molecule has 0 radical (unpaired) electrons. The van der Waals surface area contributed by atoms with Gasteiger partial charge in [-0.15, -0.1) is 5.92 Å². The van der Waals surface area contributed by atoms with Gasteiger partial charge in [0.05, 0.1) is 18.6 Å². The lowest BCUT2D eigenvalue weighted by Crippen LogP contribution is -2.26. The standard InChI is InChI=1S/C9H11IO4/c1-13-8(11)7(9(12)14-2)5-3-4-6-10/h7H,5-6H2,1-2H3. The second-order valence-corrected chi connectivity index (χ2v) is 3.05. The Bertz CT molecular complexity index is 248. The van der Waals surface area contributed by atoms with Gasteiger partial charge in [-0.1, -0.05) is 28.5 Å². The largest absolute Gasteiger partial charge is 0.468 e. The molecule has 0 bridgehead atoms. The number of halogens is 1. The molecule has 0 aromatic rings. The molecule has 14 heavy (non-hydrogen) atoms. The highest BCUT2D eigenvalue weighted by atomic mass is 127. The van der Waals surface area contributed by atoms with Crippen LogP contribution in [0.3, 0.4) is 0 Å². The van der Waals surface area contributed by atoms with Crippen LogP contribution in [0.2, 0.25) is 0 Å². The van der Waals surface area contributed by atoms with Crippen LogP contribution in [-0.4, -0.2) is 30.6 Å². The van der Waals surface area contributed by atoms with Crippen LogP contribution in [0.4, 0.5) is 0 Å². The molecule has 0 unspecified atom stereocenters. The molecule has 0 aromatic heterocycles. The van der Waals surface area contributed by atoms with E-state index in [9.17, 15) is 9.59 Å². The number of carbonyl (C=O) groups excluding carboxylic acids is 2. The van der Waals surface area contributed by atoms with E-state index in [4.69, 9.17) is 0 Å². The molecule has 0 rings (SSSR count). The summed E-state index contributed by atoms with van der Waals surface area (Å²) in [7, 11) is 2.45. The number of alkyl halides is 1. The van der Waals surface area contributed by atoms with E-state index in [1.165, 1.54) is 14.2 Å². The number of carbonyl (C=O) groups is 2. The zero-order chi connectivity index (χ0) is 11.0. The van der Waals surface area contributed by atoms with Crippen LogP contribution in [0.15, 0.2) is 0 Å². The Kier molecular flexibility index (Phi) is 7.20. The van der Waals surface area contributed by atoms with Crippen molar-refractivity contribution < 1.29 is 19.1 Å². The van der Waals surface area contributed by atoms with Gasteiger partial charge in [-0.3, -0.25) is 9.59 Å². The first-order valence-corrected chi connectivity index (χ1v) is 5.37. The molecule has 0 aliphatic rings. The number of hydrogen-bond donors (Lipinski definition) is 0. The molecule has 0 spiro atoms. The fourth-order valence-corrected chi connectivity index (χ4v) is 1.04. The molecule has 78 valence electrons. The molecular formula is C9H11IO4. The average Bonchev–Trinajstić information content (AvgIpc) is 2.22. The maximum atomic E-state index is 11.1. The number of hydrogen-bond acceptors (Lipinski definition) is 4. The maximum absolute atomic E-state index is 11.1. The molecule has 0 aliphatic heterocycles. The summed E-state index contributed by atoms with van der Waals surface area (Å²) < 4.78 is 9.57. The summed E-state index contributed by atoms with van der Waals surface area (Å²) in [6, 6.07) is 0. The topological polar surface area (TPSA) is 52.6 Å². The van der Waals surface area contributed by atoms with E-state index < -0.39 is 17.9 Å². The Balaban J connectivity index is 4.40. The predicted octanol–water partition coefficient (Wildman–Crippen LogP) is 0.777. The fraction of sp³-hybridized carbons (Fsp3) is 0.556. The SMILES string of the molecule is COC(=O)C(CC#CCI)C(=O)OC. The van der Waals surface area contributed by atoms with Gasteiger partial charge < -0.3 is 9.47 Å². The van der Waals surface area contributed by atoms with Gasteiger partial charge in [0, 0.05) is 6.42 Å². The van der Waals surface area contributed by atoms with E-state index in [0.29, 0.717) is 4.43 Å². The minimum absolute atomic E-state index is 0.141. The highest BCUT2D eigenvalue weighted by molar-refractivity contribution is 14.1. The molecule has 0 heterocycles. The average molecular weight is 310 g/mol. The highest BCUT2D eigenvalue weighted by Crippen LogP contribution is 2.06. The summed E-state index contributed by atoms with van der Waals surface area (Å²) in [5.41, 5.74) is 0. The monoisotopic (exact) mass is 310 g/mol. The summed E-state index contributed by atoms with van der Waals surface area (Å²) in [5, 5.41) is 0. The van der Waals surface area contributed by atoms with Gasteiger partial charge in [-0.05, 0) is 0 Å². The van der Waals surface area contributed by atoms with E-state index >= 15 is 0 Å². The van der Waals surface area contributed by atoms with Crippen LogP contribution >= 0.6 is 22.6 Å². The van der Waals surface area contributed by atoms with Crippen LogP contribution in [0.5, 0.6) is 0 Å². The van der Waals surface area contributed by atoms with E-state index in [1.54, 1.807) is 0 Å². The lowest BCUT2D eigenvalue weighted by atomic mass is 10.1. The summed E-state index contributed by atoms with van der Waals surface area (Å²) in [6.07, 6.45) is 0.141. The second kappa shape index (κ2) is 7.62. The Morgan fingerprint density at radius 1 is 1.21 bits per heavy atom. The van der Waals surface area contributed by atoms with Crippen molar-refractivity contribution in [1.29, 1.82) is 0 Å². The van der Waals surface area contributed by atoms with Crippen LogP contribution in [0, 0.1) is 17.8 Å². The van der Waals surface area contributed by atoms with Crippen molar-refractivity contribution in [3.63, 3.8) is 0 Å². The van der Waals surface area contributed by atoms with Crippen molar-refractivity contribution in [2.45, 2.75) is 6.42 Å². The van der Waals surface area contributed by atoms with E-state index in [0.717, 1.165) is 0 Å². The molecule has 0 aliphatic carbocycles. The van der Waals surface area contributed by atoms with Crippen LogP contribution in [0.1, 0.15) is 6.42 Å². The number of rotatable bonds is 3. The first-order chi connectivity index (χ1) is 6.67. The van der Waals surface area contributed by atoms with E-state index in [1.807, 2.05) is 0 Å². The van der Waals surface area contributed by atoms with E-state index in [-0.39, 0.29) is 6.42 Å². The summed E-state index contributed by atoms with van der Waals surface area (Å²) >= 11 is 2.08. The first-order valence-electron chi connectivity index (χ1n) is 3.84. The quantitative estimate of drug-likeness (QED) is 0.254. The smallest absolute Gasteiger partial charge is 0.321 e. The highest BCUT2D eigenvalue weighted by Gasteiger charge is 2.27. The van der Waals surface area contributed by atoms with Gasteiger partial charge in [0.25, 0.3) is 0 Å². The Morgan fingerprint density at radius 2 is 1.71 bits per heavy atom. The summed E-state index contributed by atoms with van der Waals surface area (Å²) in [5.74, 6) is 3.31. The lowest BCUT2D eigenvalue weighted by Gasteiger charge is -2.08. The van der Waals surface area contributed by atoms with Gasteiger partial charge in [0.2, 0.25) is 0 Å². The predicted molar refractivity (Wildman–Crippen MR) is 58.8 cm³/mol. The van der Waals surface area contributed by atoms with Crippen molar-refractivity contribution in [2.75, 3.05) is 18.6 Å². The van der Waals surface area contributed by atoms with Crippen LogP contribution in [0.25, 0.3) is 0 Å². The molecule has 0 N–H and O–H groups in total. The number of esters is 2. The molecule has 5 heteroatoms. The van der Waals surface area contributed by atoms with Gasteiger partial charge in [0.1, 0.15) is 0 Å². The first kappa shape index (κ1) is 13.2. The van der Waals surface area contributed by atoms with Crippen molar-refractivity contribution in [3.8, 4) is 11.8 Å². The zero-order valence-electron chi connectivity index (χ0n) is 8.00. The molecule has 4 nitrogen and oxygen atoms in total. The maximum Gasteiger partial charge on any atom is 0.321 e. The van der Waals surface area contributed by atoms with Crippen LogP contribution in [-0.2, 0) is 19.1 Å². The molecule has 0 atom stereocenters. The molecule has 0 saturated heterocycles. The Hall–Kier alpha value is -0.770. The van der Waals surface area contributed by atoms with Crippen molar-refractivity contribution >= 4 is 34.5 Å². The van der Waals surface area contributed by atoms with E-state index in [2.05, 4.69) is 43.9 Å². The number of ether oxygens (including phenoxy) is 2. The third-order valence-corrected chi connectivity index (χ3v) is 1.85. The lowest BCUT2D eigenvalue weighted by molar-refractivity contribution is -0.158. The molecule has 0 amide bonds. The molecular weight excluding hydrogens is 299 g/mol. The van der Waals surface area contributed by atoms with Gasteiger partial charge in [-0.25, -0.2) is 0 Å². The fourth-order valence-electron chi connectivity index (χ4n) is 0.769. The Morgan fingerprint density at radius 3 is 2.07 bits per heavy atom. The molecule has 0 aromatic carbocycles. The van der Waals surface area contributed by atoms with Crippen molar-refractivity contribution in [1.82, 2.24) is 0 Å². The third-order valence-electron chi connectivity index (χ3n) is 1.47. The zero-order valence-corrected chi connectivity index (χ0v) is 10.2.